The van der Waals surface area contributed by atoms with E-state index < -0.39 is 0 Å². The highest BCUT2D eigenvalue weighted by atomic mass is 35.5. The van der Waals surface area contributed by atoms with E-state index in [1.165, 1.54) is 6.42 Å². The molecule has 3 heteroatoms. The molecule has 0 atom stereocenters. The zero-order valence-corrected chi connectivity index (χ0v) is 10.1. The number of pyridine rings is 1. The smallest absolute Gasteiger partial charge is 0.122 e. The van der Waals surface area contributed by atoms with E-state index in [9.17, 15) is 0 Å². The molecular weight excluding hydrogens is 210 g/mol. The maximum absolute atomic E-state index is 5.68. The van der Waals surface area contributed by atoms with Crippen molar-refractivity contribution in [3.05, 3.63) is 24.0 Å². The number of hydrogen-bond acceptors (Lipinski definition) is 2. The second-order valence-electron chi connectivity index (χ2n) is 4.00. The van der Waals surface area contributed by atoms with E-state index in [4.69, 9.17) is 16.3 Å². The molecule has 1 heterocycles. The number of hydrogen-bond donors (Lipinski definition) is 0. The lowest BCUT2D eigenvalue weighted by Crippen LogP contribution is -2.00. The fraction of sp³-hybridized carbons (Fsp3) is 0.583. The Kier molecular flexibility index (Phi) is 5.48. The fourth-order valence-electron chi connectivity index (χ4n) is 1.30. The number of ether oxygens (including phenoxy) is 1. The van der Waals surface area contributed by atoms with Crippen molar-refractivity contribution in [2.45, 2.75) is 32.6 Å². The molecule has 2 nitrogen and oxygen atoms in total. The molecule has 0 bridgehead atoms. The van der Waals surface area contributed by atoms with Crippen LogP contribution < -0.4 is 4.74 Å². The maximum Gasteiger partial charge on any atom is 0.122 e. The van der Waals surface area contributed by atoms with Gasteiger partial charge >= 0.3 is 0 Å². The summed E-state index contributed by atoms with van der Waals surface area (Å²) < 4.78 is 5.60. The Morgan fingerprint density at radius 3 is 2.93 bits per heavy atom. The minimum Gasteiger partial charge on any atom is -0.493 e. The van der Waals surface area contributed by atoms with Crippen molar-refractivity contribution in [1.29, 1.82) is 0 Å². The molecule has 0 saturated heterocycles. The summed E-state index contributed by atoms with van der Waals surface area (Å²) in [6.45, 7) is 5.21. The van der Waals surface area contributed by atoms with Crippen molar-refractivity contribution >= 4 is 11.6 Å². The minimum absolute atomic E-state index is 0.434. The summed E-state index contributed by atoms with van der Waals surface area (Å²) in [6.07, 6.45) is 4.03. The van der Waals surface area contributed by atoms with Gasteiger partial charge in [-0.15, -0.1) is 11.6 Å². The predicted molar refractivity (Wildman–Crippen MR) is 63.4 cm³/mol. The first-order valence-electron chi connectivity index (χ1n) is 5.36. The Balaban J connectivity index is 2.30. The highest BCUT2D eigenvalue weighted by molar-refractivity contribution is 6.16. The molecule has 0 aliphatic rings. The predicted octanol–water partition coefficient (Wildman–Crippen LogP) is 3.64. The van der Waals surface area contributed by atoms with Gasteiger partial charge in [-0.25, -0.2) is 0 Å². The van der Waals surface area contributed by atoms with Crippen LogP contribution in [0.25, 0.3) is 0 Å². The Labute approximate surface area is 96.6 Å². The van der Waals surface area contributed by atoms with Crippen LogP contribution in [0, 0.1) is 5.92 Å². The highest BCUT2D eigenvalue weighted by Gasteiger charge is 1.98. The Bertz CT molecular complexity index is 289. The lowest BCUT2D eigenvalue weighted by atomic mass is 10.1. The molecule has 1 rings (SSSR count). The van der Waals surface area contributed by atoms with Gasteiger partial charge in [0.05, 0.1) is 18.2 Å². The SMILES string of the molecule is CC(C)CCCOc1ccnc(CCl)c1. The summed E-state index contributed by atoms with van der Waals surface area (Å²) in [6, 6.07) is 3.76. The first-order valence-corrected chi connectivity index (χ1v) is 5.89. The largest absolute Gasteiger partial charge is 0.493 e. The van der Waals surface area contributed by atoms with Crippen LogP contribution in [0.4, 0.5) is 0 Å². The third-order valence-electron chi connectivity index (χ3n) is 2.12. The third kappa shape index (κ3) is 5.03. The number of rotatable bonds is 6. The summed E-state index contributed by atoms with van der Waals surface area (Å²) in [7, 11) is 0. The van der Waals surface area contributed by atoms with E-state index >= 15 is 0 Å². The molecule has 0 spiro atoms. The van der Waals surface area contributed by atoms with Crippen LogP contribution in [0.1, 0.15) is 32.4 Å². The fourth-order valence-corrected chi connectivity index (χ4v) is 1.45. The van der Waals surface area contributed by atoms with Gasteiger partial charge in [-0.1, -0.05) is 13.8 Å². The molecule has 84 valence electrons. The van der Waals surface area contributed by atoms with E-state index in [0.29, 0.717) is 5.88 Å². The van der Waals surface area contributed by atoms with Crippen LogP contribution >= 0.6 is 11.6 Å². The van der Waals surface area contributed by atoms with Crippen molar-refractivity contribution in [2.24, 2.45) is 5.92 Å². The summed E-state index contributed by atoms with van der Waals surface area (Å²) in [5, 5.41) is 0. The molecule has 0 aliphatic heterocycles. The van der Waals surface area contributed by atoms with Gasteiger partial charge < -0.3 is 4.74 Å². The second kappa shape index (κ2) is 6.67. The van der Waals surface area contributed by atoms with Gasteiger partial charge in [0.15, 0.2) is 0 Å². The third-order valence-corrected chi connectivity index (χ3v) is 2.39. The first-order chi connectivity index (χ1) is 7.22. The second-order valence-corrected chi connectivity index (χ2v) is 4.27. The minimum atomic E-state index is 0.434. The van der Waals surface area contributed by atoms with Crippen LogP contribution in [-0.4, -0.2) is 11.6 Å². The van der Waals surface area contributed by atoms with Crippen LogP contribution in [0.5, 0.6) is 5.75 Å². The number of nitrogens with zero attached hydrogens (tertiary/aromatic N) is 1. The zero-order valence-electron chi connectivity index (χ0n) is 9.37. The summed E-state index contributed by atoms with van der Waals surface area (Å²) in [5.74, 6) is 2.04. The standard InChI is InChI=1S/C12H18ClNO/c1-10(2)4-3-7-15-12-5-6-14-11(8-12)9-13/h5-6,8,10H,3-4,7,9H2,1-2H3. The van der Waals surface area contributed by atoms with Crippen molar-refractivity contribution in [1.82, 2.24) is 4.98 Å². The first kappa shape index (κ1) is 12.3. The van der Waals surface area contributed by atoms with Crippen molar-refractivity contribution in [2.75, 3.05) is 6.61 Å². The summed E-state index contributed by atoms with van der Waals surface area (Å²) in [5.41, 5.74) is 0.859. The highest BCUT2D eigenvalue weighted by Crippen LogP contribution is 2.13. The van der Waals surface area contributed by atoms with Crippen molar-refractivity contribution < 1.29 is 4.74 Å². The topological polar surface area (TPSA) is 22.1 Å². The molecule has 0 amide bonds. The molecule has 0 unspecified atom stereocenters. The quantitative estimate of drug-likeness (QED) is 0.547. The molecule has 0 radical (unpaired) electrons. The molecular formula is C12H18ClNO. The van der Waals surface area contributed by atoms with Crippen molar-refractivity contribution in [3.8, 4) is 5.75 Å². The van der Waals surface area contributed by atoms with Gasteiger partial charge in [0, 0.05) is 12.3 Å². The van der Waals surface area contributed by atoms with Gasteiger partial charge in [0.2, 0.25) is 0 Å². The molecule has 0 N–H and O–H groups in total. The average Bonchev–Trinajstić information content (AvgIpc) is 2.24. The van der Waals surface area contributed by atoms with Gasteiger partial charge in [-0.05, 0) is 24.8 Å². The summed E-state index contributed by atoms with van der Waals surface area (Å²) in [4.78, 5) is 4.10. The Morgan fingerprint density at radius 2 is 2.27 bits per heavy atom. The van der Waals surface area contributed by atoms with E-state index in [2.05, 4.69) is 18.8 Å². The number of aromatic nitrogens is 1. The zero-order chi connectivity index (χ0) is 11.1. The summed E-state index contributed by atoms with van der Waals surface area (Å²) >= 11 is 5.68. The normalized spacial score (nSPS) is 10.7. The van der Waals surface area contributed by atoms with E-state index in [1.54, 1.807) is 6.20 Å². The van der Waals surface area contributed by atoms with Gasteiger partial charge in [0.1, 0.15) is 5.75 Å². The van der Waals surface area contributed by atoms with E-state index in [-0.39, 0.29) is 0 Å². The Morgan fingerprint density at radius 1 is 1.47 bits per heavy atom. The van der Waals surface area contributed by atoms with Crippen LogP contribution in [0.2, 0.25) is 0 Å². The van der Waals surface area contributed by atoms with Crippen LogP contribution in [0.15, 0.2) is 18.3 Å². The molecule has 0 aromatic carbocycles. The molecule has 0 fully saturated rings. The number of halogens is 1. The lowest BCUT2D eigenvalue weighted by molar-refractivity contribution is 0.297. The molecule has 0 aliphatic carbocycles. The molecule has 15 heavy (non-hydrogen) atoms. The van der Waals surface area contributed by atoms with Gasteiger partial charge in [-0.2, -0.15) is 0 Å². The molecule has 0 saturated carbocycles. The van der Waals surface area contributed by atoms with Gasteiger partial charge in [0.25, 0.3) is 0 Å². The van der Waals surface area contributed by atoms with Gasteiger partial charge in [-0.3, -0.25) is 4.98 Å². The van der Waals surface area contributed by atoms with E-state index in [1.807, 2.05) is 12.1 Å². The molecule has 1 aromatic rings. The van der Waals surface area contributed by atoms with Crippen LogP contribution in [-0.2, 0) is 5.88 Å². The Hall–Kier alpha value is -0.760. The lowest BCUT2D eigenvalue weighted by Gasteiger charge is -2.07. The molecule has 1 aromatic heterocycles. The monoisotopic (exact) mass is 227 g/mol. The average molecular weight is 228 g/mol. The number of alkyl halides is 1. The van der Waals surface area contributed by atoms with Crippen LogP contribution in [0.3, 0.4) is 0 Å². The van der Waals surface area contributed by atoms with E-state index in [0.717, 1.165) is 30.4 Å². The maximum atomic E-state index is 5.68. The van der Waals surface area contributed by atoms with Crippen molar-refractivity contribution in [3.63, 3.8) is 0 Å².